The Morgan fingerprint density at radius 1 is 1.35 bits per heavy atom. The highest BCUT2D eigenvalue weighted by Gasteiger charge is 2.20. The van der Waals surface area contributed by atoms with E-state index in [2.05, 4.69) is 24.1 Å². The maximum absolute atomic E-state index is 6.10. The number of aromatic nitrogens is 1. The lowest BCUT2D eigenvalue weighted by Crippen LogP contribution is -2.18. The van der Waals surface area contributed by atoms with Crippen LogP contribution in [0, 0.1) is 0 Å². The Morgan fingerprint density at radius 2 is 2.20 bits per heavy atom. The fourth-order valence-electron chi connectivity index (χ4n) is 2.34. The van der Waals surface area contributed by atoms with Gasteiger partial charge in [-0.25, -0.2) is 0 Å². The standard InChI is InChI=1S/C17H28N2O/c1-3-4-5-6-7-14(2)20-17-10-11-18-12-15(17)13-19-16-8-9-16/h10-12,14,16,19H,3-9,13H2,1-2H3. The Kier molecular flexibility index (Phi) is 6.31. The zero-order valence-corrected chi connectivity index (χ0v) is 12.9. The highest BCUT2D eigenvalue weighted by molar-refractivity contribution is 5.30. The first-order valence-corrected chi connectivity index (χ1v) is 8.12. The van der Waals surface area contributed by atoms with Crippen LogP contribution < -0.4 is 10.1 Å². The number of hydrogen-bond acceptors (Lipinski definition) is 3. The average Bonchev–Trinajstić information content (AvgIpc) is 3.27. The van der Waals surface area contributed by atoms with Crippen molar-refractivity contribution < 1.29 is 4.74 Å². The molecule has 0 amide bonds. The maximum atomic E-state index is 6.10. The molecule has 20 heavy (non-hydrogen) atoms. The van der Waals surface area contributed by atoms with Crippen molar-refractivity contribution >= 4 is 0 Å². The minimum atomic E-state index is 0.286. The van der Waals surface area contributed by atoms with Crippen molar-refractivity contribution in [2.75, 3.05) is 0 Å². The Bertz CT molecular complexity index is 390. The third kappa shape index (κ3) is 5.49. The van der Waals surface area contributed by atoms with Gasteiger partial charge in [0.05, 0.1) is 6.10 Å². The summed E-state index contributed by atoms with van der Waals surface area (Å²) in [6.45, 7) is 5.29. The molecule has 0 radical (unpaired) electrons. The van der Waals surface area contributed by atoms with Crippen molar-refractivity contribution in [2.45, 2.75) is 77.5 Å². The van der Waals surface area contributed by atoms with Crippen LogP contribution in [0.2, 0.25) is 0 Å². The second-order valence-electron chi connectivity index (χ2n) is 5.92. The summed E-state index contributed by atoms with van der Waals surface area (Å²) in [5, 5.41) is 3.53. The molecular weight excluding hydrogens is 248 g/mol. The second-order valence-corrected chi connectivity index (χ2v) is 5.92. The Balaban J connectivity index is 1.77. The molecule has 0 spiro atoms. The SMILES string of the molecule is CCCCCCC(C)Oc1ccncc1CNC1CC1. The average molecular weight is 276 g/mol. The topological polar surface area (TPSA) is 34.1 Å². The number of nitrogens with one attached hydrogen (secondary N) is 1. The molecule has 3 heteroatoms. The van der Waals surface area contributed by atoms with Crippen molar-refractivity contribution in [3.63, 3.8) is 0 Å². The number of ether oxygens (including phenoxy) is 1. The zero-order chi connectivity index (χ0) is 14.2. The summed E-state index contributed by atoms with van der Waals surface area (Å²) in [4.78, 5) is 4.22. The van der Waals surface area contributed by atoms with E-state index in [0.29, 0.717) is 0 Å². The van der Waals surface area contributed by atoms with E-state index in [1.807, 2.05) is 18.5 Å². The Labute approximate surface area is 123 Å². The summed E-state index contributed by atoms with van der Waals surface area (Å²) in [7, 11) is 0. The number of hydrogen-bond donors (Lipinski definition) is 1. The van der Waals surface area contributed by atoms with Gasteiger partial charge in [0.25, 0.3) is 0 Å². The summed E-state index contributed by atoms with van der Waals surface area (Å²) in [6, 6.07) is 2.71. The van der Waals surface area contributed by atoms with Crippen LogP contribution in [0.4, 0.5) is 0 Å². The summed E-state index contributed by atoms with van der Waals surface area (Å²) >= 11 is 0. The van der Waals surface area contributed by atoms with Gasteiger partial charge in [-0.3, -0.25) is 4.98 Å². The first-order chi connectivity index (χ1) is 9.79. The number of pyridine rings is 1. The van der Waals surface area contributed by atoms with Crippen molar-refractivity contribution in [3.05, 3.63) is 24.0 Å². The van der Waals surface area contributed by atoms with Crippen LogP contribution in [-0.2, 0) is 6.54 Å². The van der Waals surface area contributed by atoms with Crippen LogP contribution in [0.3, 0.4) is 0 Å². The molecule has 1 aromatic heterocycles. The van der Waals surface area contributed by atoms with Gasteiger partial charge in [-0.1, -0.05) is 26.2 Å². The molecule has 1 aromatic rings. The molecule has 1 aliphatic rings. The molecule has 2 rings (SSSR count). The number of rotatable bonds is 10. The van der Waals surface area contributed by atoms with Gasteiger partial charge in [0.15, 0.2) is 0 Å². The lowest BCUT2D eigenvalue weighted by atomic mass is 10.1. The van der Waals surface area contributed by atoms with E-state index in [1.165, 1.54) is 44.1 Å². The van der Waals surface area contributed by atoms with Crippen molar-refractivity contribution in [1.29, 1.82) is 0 Å². The van der Waals surface area contributed by atoms with Crippen LogP contribution >= 0.6 is 0 Å². The van der Waals surface area contributed by atoms with Gasteiger partial charge in [-0.15, -0.1) is 0 Å². The summed E-state index contributed by atoms with van der Waals surface area (Å²) in [5.74, 6) is 0.996. The predicted molar refractivity (Wildman–Crippen MR) is 82.9 cm³/mol. The van der Waals surface area contributed by atoms with Gasteiger partial charge in [-0.05, 0) is 38.7 Å². The van der Waals surface area contributed by atoms with Crippen LogP contribution in [-0.4, -0.2) is 17.1 Å². The zero-order valence-electron chi connectivity index (χ0n) is 12.9. The molecule has 0 bridgehead atoms. The van der Waals surface area contributed by atoms with Crippen molar-refractivity contribution in [2.24, 2.45) is 0 Å². The predicted octanol–water partition coefficient (Wildman–Crippen LogP) is 4.07. The summed E-state index contributed by atoms with van der Waals surface area (Å²) in [6.07, 6.45) is 13.0. The molecule has 1 aliphatic carbocycles. The Morgan fingerprint density at radius 3 is 2.95 bits per heavy atom. The van der Waals surface area contributed by atoms with Gasteiger partial charge >= 0.3 is 0 Å². The smallest absolute Gasteiger partial charge is 0.127 e. The van der Waals surface area contributed by atoms with Gasteiger partial charge in [-0.2, -0.15) is 0 Å². The number of nitrogens with zero attached hydrogens (tertiary/aromatic N) is 1. The molecule has 1 heterocycles. The highest BCUT2D eigenvalue weighted by Crippen LogP contribution is 2.23. The fourth-order valence-corrected chi connectivity index (χ4v) is 2.34. The normalized spacial score (nSPS) is 16.1. The van der Waals surface area contributed by atoms with Crippen LogP contribution in [0.25, 0.3) is 0 Å². The van der Waals surface area contributed by atoms with E-state index in [-0.39, 0.29) is 6.10 Å². The van der Waals surface area contributed by atoms with E-state index < -0.39 is 0 Å². The van der Waals surface area contributed by atoms with Crippen molar-refractivity contribution in [3.8, 4) is 5.75 Å². The molecule has 1 saturated carbocycles. The van der Waals surface area contributed by atoms with E-state index in [1.54, 1.807) is 0 Å². The first kappa shape index (κ1) is 15.3. The molecule has 112 valence electrons. The molecule has 1 N–H and O–H groups in total. The molecule has 1 fully saturated rings. The minimum absolute atomic E-state index is 0.286. The molecule has 0 aromatic carbocycles. The molecule has 0 saturated heterocycles. The van der Waals surface area contributed by atoms with Crippen LogP contribution in [0.5, 0.6) is 5.75 Å². The monoisotopic (exact) mass is 276 g/mol. The molecule has 0 aliphatic heterocycles. The van der Waals surface area contributed by atoms with Gasteiger partial charge in [0, 0.05) is 30.5 Å². The largest absolute Gasteiger partial charge is 0.490 e. The van der Waals surface area contributed by atoms with E-state index >= 15 is 0 Å². The van der Waals surface area contributed by atoms with Gasteiger partial charge in [0.2, 0.25) is 0 Å². The van der Waals surface area contributed by atoms with Crippen molar-refractivity contribution in [1.82, 2.24) is 10.3 Å². The lowest BCUT2D eigenvalue weighted by molar-refractivity contribution is 0.204. The van der Waals surface area contributed by atoms with Gasteiger partial charge in [0.1, 0.15) is 5.75 Å². The molecule has 3 nitrogen and oxygen atoms in total. The highest BCUT2D eigenvalue weighted by atomic mass is 16.5. The Hall–Kier alpha value is -1.09. The van der Waals surface area contributed by atoms with E-state index in [9.17, 15) is 0 Å². The van der Waals surface area contributed by atoms with E-state index in [0.717, 1.165) is 24.8 Å². The second kappa shape index (κ2) is 8.25. The maximum Gasteiger partial charge on any atom is 0.127 e. The van der Waals surface area contributed by atoms with Gasteiger partial charge < -0.3 is 10.1 Å². The first-order valence-electron chi connectivity index (χ1n) is 8.12. The third-order valence-corrected chi connectivity index (χ3v) is 3.81. The molecular formula is C17H28N2O. The van der Waals surface area contributed by atoms with Crippen LogP contribution in [0.1, 0.15) is 64.4 Å². The summed E-state index contributed by atoms with van der Waals surface area (Å²) in [5.41, 5.74) is 1.18. The molecule has 1 atom stereocenters. The van der Waals surface area contributed by atoms with Crippen LogP contribution in [0.15, 0.2) is 18.5 Å². The third-order valence-electron chi connectivity index (χ3n) is 3.81. The molecule has 1 unspecified atom stereocenters. The fraction of sp³-hybridized carbons (Fsp3) is 0.706. The quantitative estimate of drug-likeness (QED) is 0.654. The van der Waals surface area contributed by atoms with E-state index in [4.69, 9.17) is 4.74 Å². The minimum Gasteiger partial charge on any atom is -0.490 e. The summed E-state index contributed by atoms with van der Waals surface area (Å²) < 4.78 is 6.10. The number of unbranched alkanes of at least 4 members (excludes halogenated alkanes) is 3. The lowest BCUT2D eigenvalue weighted by Gasteiger charge is -2.17.